The number of carboxylic acids is 1. The Morgan fingerprint density at radius 1 is 0.700 bits per heavy atom. The number of aromatic hydroxyl groups is 1. The molecule has 30 heavy (non-hydrogen) atoms. The molecule has 0 aliphatic heterocycles. The summed E-state index contributed by atoms with van der Waals surface area (Å²) < 4.78 is 4.13. The van der Waals surface area contributed by atoms with Crippen molar-refractivity contribution in [3.05, 3.63) is 114 Å². The van der Waals surface area contributed by atoms with Gasteiger partial charge in [0, 0.05) is 35.4 Å². The van der Waals surface area contributed by atoms with Gasteiger partial charge in [0.05, 0.1) is 0 Å². The Labute approximate surface area is 174 Å². The molecule has 2 N–H and O–H groups in total. The average Bonchev–Trinajstić information content (AvgIpc) is 2.75. The number of nitrogens with zero attached hydrogens (tertiary/aromatic N) is 2. The highest BCUT2D eigenvalue weighted by Gasteiger charge is 2.12. The molecule has 0 aliphatic carbocycles. The molecule has 2 aromatic heterocycles. The maximum Gasteiger partial charge on any atom is 0.339 e. The molecular formula is C25H22N2O3+2. The van der Waals surface area contributed by atoms with Gasteiger partial charge in [-0.15, -0.1) is 0 Å². The van der Waals surface area contributed by atoms with Gasteiger partial charge in [0.15, 0.2) is 37.9 Å². The van der Waals surface area contributed by atoms with Gasteiger partial charge in [-0.2, -0.15) is 0 Å². The van der Waals surface area contributed by atoms with Crippen LogP contribution < -0.4 is 9.13 Å². The first kappa shape index (κ1) is 19.3. The maximum absolute atomic E-state index is 11.0. The Hall–Kier alpha value is -3.99. The van der Waals surface area contributed by atoms with E-state index in [0.717, 1.165) is 23.2 Å². The van der Waals surface area contributed by atoms with Crippen LogP contribution >= 0.6 is 0 Å². The summed E-state index contributed by atoms with van der Waals surface area (Å²) in [6.07, 6.45) is 8.11. The van der Waals surface area contributed by atoms with Gasteiger partial charge in [-0.1, -0.05) is 36.4 Å². The zero-order valence-electron chi connectivity index (χ0n) is 16.3. The number of rotatable bonds is 6. The van der Waals surface area contributed by atoms with E-state index in [-0.39, 0.29) is 11.3 Å². The zero-order valence-corrected chi connectivity index (χ0v) is 16.3. The molecule has 0 saturated heterocycles. The fourth-order valence-corrected chi connectivity index (χ4v) is 3.37. The smallest absolute Gasteiger partial charge is 0.339 e. The van der Waals surface area contributed by atoms with E-state index < -0.39 is 5.97 Å². The summed E-state index contributed by atoms with van der Waals surface area (Å²) in [6.45, 7) is 1.38. The van der Waals surface area contributed by atoms with Crippen LogP contribution in [-0.2, 0) is 13.1 Å². The van der Waals surface area contributed by atoms with Gasteiger partial charge in [0.1, 0.15) is 11.3 Å². The normalized spacial score (nSPS) is 10.7. The first-order chi connectivity index (χ1) is 14.6. The fourth-order valence-electron chi connectivity index (χ4n) is 3.37. The van der Waals surface area contributed by atoms with Crippen LogP contribution in [0.2, 0.25) is 0 Å². The molecule has 0 amide bonds. The fraction of sp³-hybridized carbons (Fsp3) is 0.0800. The second-order valence-corrected chi connectivity index (χ2v) is 7.16. The number of phenols is 1. The van der Waals surface area contributed by atoms with E-state index in [9.17, 15) is 9.90 Å². The number of pyridine rings is 2. The van der Waals surface area contributed by atoms with Crippen molar-refractivity contribution in [3.8, 4) is 16.9 Å². The van der Waals surface area contributed by atoms with Crippen molar-refractivity contribution >= 4 is 5.97 Å². The van der Waals surface area contributed by atoms with Gasteiger partial charge in [0.25, 0.3) is 0 Å². The van der Waals surface area contributed by atoms with E-state index in [1.54, 1.807) is 6.07 Å². The second-order valence-electron chi connectivity index (χ2n) is 7.16. The van der Waals surface area contributed by atoms with E-state index in [1.807, 2.05) is 47.3 Å². The first-order valence-corrected chi connectivity index (χ1v) is 9.66. The Balaban J connectivity index is 1.44. The Bertz CT molecular complexity index is 1160. The number of hydrogen-bond acceptors (Lipinski definition) is 2. The van der Waals surface area contributed by atoms with Crippen molar-refractivity contribution in [2.75, 3.05) is 0 Å². The quantitative estimate of drug-likeness (QED) is 0.489. The standard InChI is InChI=1S/C25H20N2O3/c28-24-16-20(6-7-23(24)25(29)30)18-27-14-10-22(11-15-27)21-8-12-26(13-9-21)17-19-4-2-1-3-5-19/h1-16H,17-18H2/p+2. The van der Waals surface area contributed by atoms with Crippen LogP contribution in [0.3, 0.4) is 0 Å². The van der Waals surface area contributed by atoms with Crippen LogP contribution in [0.4, 0.5) is 0 Å². The lowest BCUT2D eigenvalue weighted by atomic mass is 10.1. The SMILES string of the molecule is O=C(O)c1ccc(C[n+]2ccc(-c3cc[n+](Cc4ccccc4)cc3)cc2)cc1O. The minimum Gasteiger partial charge on any atom is -0.507 e. The highest BCUT2D eigenvalue weighted by Crippen LogP contribution is 2.19. The van der Waals surface area contributed by atoms with Gasteiger partial charge in [-0.3, -0.25) is 0 Å². The van der Waals surface area contributed by atoms with Crippen molar-refractivity contribution in [2.24, 2.45) is 0 Å². The molecule has 5 nitrogen and oxygen atoms in total. The summed E-state index contributed by atoms with van der Waals surface area (Å²) in [6, 6.07) is 23.3. The van der Waals surface area contributed by atoms with Gasteiger partial charge < -0.3 is 10.2 Å². The van der Waals surface area contributed by atoms with Crippen LogP contribution in [0.25, 0.3) is 11.1 Å². The third kappa shape index (κ3) is 4.52. The zero-order chi connectivity index (χ0) is 20.9. The third-order valence-electron chi connectivity index (χ3n) is 4.98. The molecular weight excluding hydrogens is 376 g/mol. The molecule has 0 spiro atoms. The van der Waals surface area contributed by atoms with E-state index >= 15 is 0 Å². The predicted molar refractivity (Wildman–Crippen MR) is 112 cm³/mol. The van der Waals surface area contributed by atoms with Crippen LogP contribution in [0.1, 0.15) is 21.5 Å². The largest absolute Gasteiger partial charge is 0.507 e. The van der Waals surface area contributed by atoms with E-state index in [0.29, 0.717) is 6.54 Å². The molecule has 0 unspecified atom stereocenters. The predicted octanol–water partition coefficient (Wildman–Crippen LogP) is 3.43. The Kier molecular flexibility index (Phi) is 5.52. The second kappa shape index (κ2) is 8.57. The molecule has 0 radical (unpaired) electrons. The first-order valence-electron chi connectivity index (χ1n) is 9.66. The summed E-state index contributed by atoms with van der Waals surface area (Å²) >= 11 is 0. The van der Waals surface area contributed by atoms with Gasteiger partial charge in [0.2, 0.25) is 0 Å². The summed E-state index contributed by atoms with van der Waals surface area (Å²) in [5, 5.41) is 18.9. The molecule has 0 bridgehead atoms. The van der Waals surface area contributed by atoms with E-state index in [1.165, 1.54) is 17.7 Å². The average molecular weight is 398 g/mol. The van der Waals surface area contributed by atoms with Crippen molar-refractivity contribution in [3.63, 3.8) is 0 Å². The molecule has 148 valence electrons. The number of aromatic nitrogens is 2. The Morgan fingerprint density at radius 2 is 1.23 bits per heavy atom. The number of hydrogen-bond donors (Lipinski definition) is 2. The molecule has 0 saturated carbocycles. The van der Waals surface area contributed by atoms with E-state index in [2.05, 4.69) is 41.2 Å². The lowest BCUT2D eigenvalue weighted by Gasteiger charge is -2.04. The minimum absolute atomic E-state index is 0.0901. The van der Waals surface area contributed by atoms with Gasteiger partial charge in [-0.25, -0.2) is 13.9 Å². The number of benzene rings is 2. The van der Waals surface area contributed by atoms with Crippen molar-refractivity contribution in [1.82, 2.24) is 0 Å². The lowest BCUT2D eigenvalue weighted by molar-refractivity contribution is -0.688. The van der Waals surface area contributed by atoms with Crippen molar-refractivity contribution < 1.29 is 24.1 Å². The maximum atomic E-state index is 11.0. The van der Waals surface area contributed by atoms with Crippen LogP contribution in [0.15, 0.2) is 97.6 Å². The van der Waals surface area contributed by atoms with Gasteiger partial charge in [-0.05, 0) is 23.3 Å². The number of aromatic carboxylic acids is 1. The molecule has 0 fully saturated rings. The molecule has 2 aromatic carbocycles. The molecule has 5 heteroatoms. The van der Waals surface area contributed by atoms with Gasteiger partial charge >= 0.3 is 5.97 Å². The number of carboxylic acid groups (broad SMARTS) is 1. The minimum atomic E-state index is -1.14. The molecule has 0 atom stereocenters. The van der Waals surface area contributed by atoms with Crippen molar-refractivity contribution in [1.29, 1.82) is 0 Å². The highest BCUT2D eigenvalue weighted by atomic mass is 16.4. The molecule has 0 aliphatic rings. The number of carbonyl (C=O) groups is 1. The lowest BCUT2D eigenvalue weighted by Crippen LogP contribution is -2.33. The van der Waals surface area contributed by atoms with E-state index in [4.69, 9.17) is 5.11 Å². The highest BCUT2D eigenvalue weighted by molar-refractivity contribution is 5.90. The summed E-state index contributed by atoms with van der Waals surface area (Å²) in [5.41, 5.74) is 4.25. The van der Waals surface area contributed by atoms with Crippen molar-refractivity contribution in [2.45, 2.75) is 13.1 Å². The molecule has 2 heterocycles. The monoisotopic (exact) mass is 398 g/mol. The Morgan fingerprint density at radius 3 is 1.73 bits per heavy atom. The summed E-state index contributed by atoms with van der Waals surface area (Å²) in [7, 11) is 0. The van der Waals surface area contributed by atoms with Crippen LogP contribution in [-0.4, -0.2) is 16.2 Å². The summed E-state index contributed by atoms with van der Waals surface area (Å²) in [4.78, 5) is 11.0. The summed E-state index contributed by atoms with van der Waals surface area (Å²) in [5.74, 6) is -1.35. The third-order valence-corrected chi connectivity index (χ3v) is 4.98. The van der Waals surface area contributed by atoms with Crippen LogP contribution in [0.5, 0.6) is 5.75 Å². The topological polar surface area (TPSA) is 65.3 Å². The molecule has 4 rings (SSSR count). The molecule has 4 aromatic rings. The van der Waals surface area contributed by atoms with Crippen LogP contribution in [0, 0.1) is 0 Å².